The van der Waals surface area contributed by atoms with Gasteiger partial charge in [-0.2, -0.15) is 0 Å². The van der Waals surface area contributed by atoms with Crippen LogP contribution in [0.1, 0.15) is 16.8 Å². The monoisotopic (exact) mass is 222 g/mol. The summed E-state index contributed by atoms with van der Waals surface area (Å²) in [6.45, 7) is 0.730. The second-order valence-electron chi connectivity index (χ2n) is 3.07. The Bertz CT molecular complexity index is 415. The topological polar surface area (TPSA) is 77.9 Å². The highest BCUT2D eigenvalue weighted by Crippen LogP contribution is 2.02. The Morgan fingerprint density at radius 2 is 2.38 bits per heavy atom. The molecule has 1 rings (SSSR count). The molecule has 0 aliphatic heterocycles. The van der Waals surface area contributed by atoms with E-state index in [2.05, 4.69) is 15.3 Å². The smallest absolute Gasteiger partial charge is 0.251 e. The molecule has 0 fully saturated rings. The van der Waals surface area contributed by atoms with Gasteiger partial charge >= 0.3 is 0 Å². The first-order chi connectivity index (χ1) is 7.74. The van der Waals surface area contributed by atoms with Gasteiger partial charge in [0.1, 0.15) is 5.82 Å². The van der Waals surface area contributed by atoms with Gasteiger partial charge in [0.15, 0.2) is 0 Å². The fraction of sp³-hybridized carbons (Fsp3) is 0.300. The number of nitrogens with zero attached hydrogens (tertiary/aromatic N) is 3. The molecule has 0 atom stereocenters. The molecule has 0 unspecified atom stereocenters. The van der Waals surface area contributed by atoms with Gasteiger partial charge in [0.2, 0.25) is 0 Å². The van der Waals surface area contributed by atoms with Gasteiger partial charge in [0.25, 0.3) is 5.91 Å². The average Bonchev–Trinajstić information content (AvgIpc) is 2.28. The van der Waals surface area contributed by atoms with Gasteiger partial charge < -0.3 is 5.32 Å². The van der Waals surface area contributed by atoms with Crippen LogP contribution in [0.15, 0.2) is 29.4 Å². The third kappa shape index (κ3) is 3.98. The Morgan fingerprint density at radius 1 is 1.56 bits per heavy atom. The SMILES string of the molecule is [N-]=[N+]=NCCCNC(=O)c1cccc(F)c1. The van der Waals surface area contributed by atoms with Gasteiger partial charge in [0, 0.05) is 23.6 Å². The number of azide groups is 1. The van der Waals surface area contributed by atoms with Gasteiger partial charge in [-0.15, -0.1) is 0 Å². The standard InChI is InChI=1S/C10H11FN4O/c11-9-4-1-3-8(7-9)10(16)13-5-2-6-14-15-12/h1,3-4,7H,2,5-6H2,(H,13,16). The first kappa shape index (κ1) is 12.0. The molecule has 1 amide bonds. The van der Waals surface area contributed by atoms with Crippen molar-refractivity contribution in [2.75, 3.05) is 13.1 Å². The Balaban J connectivity index is 2.38. The number of carbonyl (C=O) groups is 1. The molecule has 1 aromatic rings. The molecule has 1 N–H and O–H groups in total. The van der Waals surface area contributed by atoms with Gasteiger partial charge in [-0.3, -0.25) is 4.79 Å². The summed E-state index contributed by atoms with van der Waals surface area (Å²) in [6.07, 6.45) is 0.561. The first-order valence-electron chi connectivity index (χ1n) is 4.78. The number of hydrogen-bond acceptors (Lipinski definition) is 2. The van der Waals surface area contributed by atoms with Crippen molar-refractivity contribution in [3.8, 4) is 0 Å². The van der Waals surface area contributed by atoms with Crippen LogP contribution in [0.2, 0.25) is 0 Å². The van der Waals surface area contributed by atoms with E-state index in [4.69, 9.17) is 5.53 Å². The quantitative estimate of drug-likeness (QED) is 0.352. The molecule has 0 spiro atoms. The minimum Gasteiger partial charge on any atom is -0.352 e. The lowest BCUT2D eigenvalue weighted by atomic mass is 10.2. The van der Waals surface area contributed by atoms with Crippen LogP contribution in [-0.2, 0) is 0 Å². The second-order valence-corrected chi connectivity index (χ2v) is 3.07. The van der Waals surface area contributed by atoms with E-state index in [-0.39, 0.29) is 11.5 Å². The van der Waals surface area contributed by atoms with E-state index < -0.39 is 5.82 Å². The fourth-order valence-corrected chi connectivity index (χ4v) is 1.13. The van der Waals surface area contributed by atoms with Crippen molar-refractivity contribution >= 4 is 5.91 Å². The number of amides is 1. The van der Waals surface area contributed by atoms with Crippen molar-refractivity contribution in [3.63, 3.8) is 0 Å². The highest BCUT2D eigenvalue weighted by atomic mass is 19.1. The van der Waals surface area contributed by atoms with Crippen LogP contribution in [-0.4, -0.2) is 19.0 Å². The summed E-state index contributed by atoms with van der Waals surface area (Å²) >= 11 is 0. The van der Waals surface area contributed by atoms with Crippen LogP contribution in [0, 0.1) is 5.82 Å². The summed E-state index contributed by atoms with van der Waals surface area (Å²) in [5.74, 6) is -0.776. The molecule has 0 heterocycles. The van der Waals surface area contributed by atoms with E-state index >= 15 is 0 Å². The second kappa shape index (κ2) is 6.42. The van der Waals surface area contributed by atoms with Crippen molar-refractivity contribution in [2.24, 2.45) is 5.11 Å². The predicted molar refractivity (Wildman–Crippen MR) is 57.4 cm³/mol. The largest absolute Gasteiger partial charge is 0.352 e. The summed E-state index contributed by atoms with van der Waals surface area (Å²) in [5.41, 5.74) is 8.29. The highest BCUT2D eigenvalue weighted by molar-refractivity contribution is 5.94. The number of halogens is 1. The summed E-state index contributed by atoms with van der Waals surface area (Å²) < 4.78 is 12.8. The van der Waals surface area contributed by atoms with Gasteiger partial charge in [0.05, 0.1) is 0 Å². The first-order valence-corrected chi connectivity index (χ1v) is 4.78. The van der Waals surface area contributed by atoms with Crippen LogP contribution in [0.3, 0.4) is 0 Å². The van der Waals surface area contributed by atoms with E-state index in [1.54, 1.807) is 0 Å². The molecule has 0 saturated carbocycles. The molecule has 0 radical (unpaired) electrons. The van der Waals surface area contributed by atoms with Crippen LogP contribution in [0.4, 0.5) is 4.39 Å². The Morgan fingerprint density at radius 3 is 3.06 bits per heavy atom. The van der Waals surface area contributed by atoms with Crippen molar-refractivity contribution in [1.29, 1.82) is 0 Å². The summed E-state index contributed by atoms with van der Waals surface area (Å²) in [6, 6.07) is 5.46. The summed E-state index contributed by atoms with van der Waals surface area (Å²) in [5, 5.41) is 5.92. The molecule has 0 aliphatic carbocycles. The Hall–Kier alpha value is -2.07. The fourth-order valence-electron chi connectivity index (χ4n) is 1.13. The number of benzene rings is 1. The van der Waals surface area contributed by atoms with E-state index in [1.165, 1.54) is 24.3 Å². The minimum atomic E-state index is -0.443. The number of rotatable bonds is 5. The molecule has 5 nitrogen and oxygen atoms in total. The van der Waals surface area contributed by atoms with Gasteiger partial charge in [-0.05, 0) is 30.2 Å². The lowest BCUT2D eigenvalue weighted by molar-refractivity contribution is 0.0953. The van der Waals surface area contributed by atoms with Crippen molar-refractivity contribution < 1.29 is 9.18 Å². The van der Waals surface area contributed by atoms with Gasteiger partial charge in [-0.1, -0.05) is 11.2 Å². The van der Waals surface area contributed by atoms with Crippen molar-refractivity contribution in [2.45, 2.75) is 6.42 Å². The molecule has 1 aromatic carbocycles. The van der Waals surface area contributed by atoms with E-state index in [1.807, 2.05) is 0 Å². The average molecular weight is 222 g/mol. The molecular formula is C10H11FN4O. The van der Waals surface area contributed by atoms with E-state index in [0.29, 0.717) is 19.5 Å². The zero-order valence-electron chi connectivity index (χ0n) is 8.56. The summed E-state index contributed by atoms with van der Waals surface area (Å²) in [4.78, 5) is 14.0. The van der Waals surface area contributed by atoms with Crippen LogP contribution >= 0.6 is 0 Å². The van der Waals surface area contributed by atoms with E-state index in [0.717, 1.165) is 0 Å². The zero-order valence-corrected chi connectivity index (χ0v) is 8.56. The van der Waals surface area contributed by atoms with Crippen LogP contribution in [0.25, 0.3) is 10.4 Å². The predicted octanol–water partition coefficient (Wildman–Crippen LogP) is 2.26. The maximum absolute atomic E-state index is 12.8. The van der Waals surface area contributed by atoms with Crippen LogP contribution < -0.4 is 5.32 Å². The summed E-state index contributed by atoms with van der Waals surface area (Å²) in [7, 11) is 0. The number of carbonyl (C=O) groups excluding carboxylic acids is 1. The lowest BCUT2D eigenvalue weighted by Crippen LogP contribution is -2.24. The van der Waals surface area contributed by atoms with Crippen molar-refractivity contribution in [1.82, 2.24) is 5.32 Å². The molecule has 0 aromatic heterocycles. The highest BCUT2D eigenvalue weighted by Gasteiger charge is 2.04. The molecule has 0 saturated heterocycles. The Kier molecular flexibility index (Phi) is 4.82. The minimum absolute atomic E-state index is 0.281. The third-order valence-electron chi connectivity index (χ3n) is 1.87. The molecule has 0 bridgehead atoms. The molecular weight excluding hydrogens is 211 g/mol. The third-order valence-corrected chi connectivity index (χ3v) is 1.87. The Labute approximate surface area is 91.9 Å². The zero-order chi connectivity index (χ0) is 11.8. The normalized spacial score (nSPS) is 9.31. The molecule has 84 valence electrons. The van der Waals surface area contributed by atoms with Crippen LogP contribution in [0.5, 0.6) is 0 Å². The maximum atomic E-state index is 12.8. The van der Waals surface area contributed by atoms with E-state index in [9.17, 15) is 9.18 Å². The van der Waals surface area contributed by atoms with Gasteiger partial charge in [-0.25, -0.2) is 4.39 Å². The number of hydrogen-bond donors (Lipinski definition) is 1. The van der Waals surface area contributed by atoms with Crippen molar-refractivity contribution in [3.05, 3.63) is 46.1 Å². The maximum Gasteiger partial charge on any atom is 0.251 e. The lowest BCUT2D eigenvalue weighted by Gasteiger charge is -2.03. The molecule has 0 aliphatic rings. The number of nitrogens with one attached hydrogen (secondary N) is 1. The molecule has 16 heavy (non-hydrogen) atoms. The molecule has 6 heteroatoms.